The van der Waals surface area contributed by atoms with Gasteiger partial charge in [-0.3, -0.25) is 5.10 Å². The fraction of sp³-hybridized carbons (Fsp3) is 0.250. The Kier molecular flexibility index (Phi) is 2.92. The third-order valence-electron chi connectivity index (χ3n) is 2.73. The van der Waals surface area contributed by atoms with Gasteiger partial charge in [0.2, 0.25) is 0 Å². The summed E-state index contributed by atoms with van der Waals surface area (Å²) in [4.78, 5) is 0. The lowest BCUT2D eigenvalue weighted by molar-refractivity contribution is 0.179. The normalized spacial score (nSPS) is 12.6. The van der Waals surface area contributed by atoms with Crippen LogP contribution in [0.5, 0.6) is 0 Å². The van der Waals surface area contributed by atoms with Gasteiger partial charge in [0, 0.05) is 12.0 Å². The van der Waals surface area contributed by atoms with Gasteiger partial charge in [-0.2, -0.15) is 5.10 Å². The molecule has 1 aromatic carbocycles. The number of H-pyrrole nitrogens is 1. The van der Waals surface area contributed by atoms with Crippen LogP contribution in [-0.2, 0) is 6.42 Å². The molecule has 1 unspecified atom stereocenters. The summed E-state index contributed by atoms with van der Waals surface area (Å²) >= 11 is 0. The van der Waals surface area contributed by atoms with Crippen molar-refractivity contribution in [3.8, 4) is 0 Å². The van der Waals surface area contributed by atoms with Gasteiger partial charge in [0.25, 0.3) is 0 Å². The second kappa shape index (κ2) is 4.37. The maximum Gasteiger partial charge on any atom is 0.124 e. The number of nitrogens with one attached hydrogen (secondary N) is 1. The Morgan fingerprint density at radius 1 is 1.44 bits per heavy atom. The fourth-order valence-electron chi connectivity index (χ4n) is 1.73. The van der Waals surface area contributed by atoms with E-state index in [1.54, 1.807) is 6.20 Å². The van der Waals surface area contributed by atoms with Crippen molar-refractivity contribution in [1.82, 2.24) is 10.2 Å². The number of aliphatic hydroxyl groups excluding tert-OH is 1. The molecule has 0 aliphatic rings. The van der Waals surface area contributed by atoms with E-state index in [4.69, 9.17) is 5.73 Å². The van der Waals surface area contributed by atoms with E-state index in [9.17, 15) is 5.11 Å². The van der Waals surface area contributed by atoms with E-state index in [1.165, 1.54) is 5.56 Å². The molecule has 1 heterocycles. The van der Waals surface area contributed by atoms with Gasteiger partial charge in [-0.05, 0) is 18.1 Å². The Balaban J connectivity index is 2.17. The molecule has 0 fully saturated rings. The maximum absolute atomic E-state index is 10.0. The molecule has 84 valence electrons. The Labute approximate surface area is 94.1 Å². The number of nitrogen functional groups attached to an aromatic ring is 1. The van der Waals surface area contributed by atoms with E-state index in [2.05, 4.69) is 10.2 Å². The first-order valence-corrected chi connectivity index (χ1v) is 5.20. The number of anilines is 1. The Morgan fingerprint density at radius 2 is 2.19 bits per heavy atom. The van der Waals surface area contributed by atoms with Crippen molar-refractivity contribution >= 4 is 5.82 Å². The number of aromatic nitrogens is 2. The van der Waals surface area contributed by atoms with Gasteiger partial charge in [0.1, 0.15) is 5.82 Å². The van der Waals surface area contributed by atoms with Gasteiger partial charge in [0.15, 0.2) is 0 Å². The van der Waals surface area contributed by atoms with E-state index < -0.39 is 6.10 Å². The van der Waals surface area contributed by atoms with Crippen LogP contribution in [0.3, 0.4) is 0 Å². The van der Waals surface area contributed by atoms with Crippen molar-refractivity contribution in [2.75, 3.05) is 5.73 Å². The zero-order valence-electron chi connectivity index (χ0n) is 9.14. The second-order valence-electron chi connectivity index (χ2n) is 3.89. The standard InChI is InChI=1S/C12H15N3O/c1-8-4-2-3-5-9(8)6-11(16)10-7-14-15-12(10)13/h2-5,7,11,16H,6H2,1H3,(H3,13,14,15). The van der Waals surface area contributed by atoms with Gasteiger partial charge >= 0.3 is 0 Å². The number of benzene rings is 1. The van der Waals surface area contributed by atoms with E-state index in [1.807, 2.05) is 31.2 Å². The number of aliphatic hydroxyl groups is 1. The molecule has 4 heteroatoms. The lowest BCUT2D eigenvalue weighted by Gasteiger charge is -2.11. The second-order valence-corrected chi connectivity index (χ2v) is 3.89. The largest absolute Gasteiger partial charge is 0.388 e. The molecule has 0 spiro atoms. The summed E-state index contributed by atoms with van der Waals surface area (Å²) < 4.78 is 0. The molecule has 0 amide bonds. The van der Waals surface area contributed by atoms with Crippen molar-refractivity contribution in [1.29, 1.82) is 0 Å². The SMILES string of the molecule is Cc1ccccc1CC(O)c1cn[nH]c1N. The van der Waals surface area contributed by atoms with Gasteiger partial charge in [-0.1, -0.05) is 24.3 Å². The number of rotatable bonds is 3. The highest BCUT2D eigenvalue weighted by Gasteiger charge is 2.14. The summed E-state index contributed by atoms with van der Waals surface area (Å²) in [5.74, 6) is 0.432. The zero-order chi connectivity index (χ0) is 11.5. The smallest absolute Gasteiger partial charge is 0.124 e. The number of aryl methyl sites for hydroxylation is 1. The summed E-state index contributed by atoms with van der Waals surface area (Å²) in [6.45, 7) is 2.03. The van der Waals surface area contributed by atoms with Gasteiger partial charge in [0.05, 0.1) is 12.3 Å². The third-order valence-corrected chi connectivity index (χ3v) is 2.73. The van der Waals surface area contributed by atoms with Crippen molar-refractivity contribution in [2.45, 2.75) is 19.4 Å². The van der Waals surface area contributed by atoms with Gasteiger partial charge in [-0.15, -0.1) is 0 Å². The van der Waals surface area contributed by atoms with E-state index in [0.717, 1.165) is 5.56 Å². The first-order chi connectivity index (χ1) is 7.68. The predicted octanol–water partition coefficient (Wildman–Crippen LogP) is 1.58. The van der Waals surface area contributed by atoms with Gasteiger partial charge in [-0.25, -0.2) is 0 Å². The molecule has 0 saturated heterocycles. The third kappa shape index (κ3) is 2.06. The average molecular weight is 217 g/mol. The molecule has 0 aliphatic heterocycles. The van der Waals surface area contributed by atoms with Crippen LogP contribution in [0.1, 0.15) is 22.8 Å². The minimum atomic E-state index is -0.611. The Hall–Kier alpha value is -1.81. The fourth-order valence-corrected chi connectivity index (χ4v) is 1.73. The molecular formula is C12H15N3O. The predicted molar refractivity (Wildman–Crippen MR) is 62.8 cm³/mol. The minimum Gasteiger partial charge on any atom is -0.388 e. The topological polar surface area (TPSA) is 74.9 Å². The first kappa shape index (κ1) is 10.7. The molecule has 1 atom stereocenters. The van der Waals surface area contributed by atoms with Crippen LogP contribution in [0, 0.1) is 6.92 Å². The Morgan fingerprint density at radius 3 is 2.81 bits per heavy atom. The summed E-state index contributed by atoms with van der Waals surface area (Å²) in [5, 5.41) is 16.4. The lowest BCUT2D eigenvalue weighted by Crippen LogP contribution is -2.04. The number of aromatic amines is 1. The van der Waals surface area contributed by atoms with Crippen molar-refractivity contribution < 1.29 is 5.11 Å². The zero-order valence-corrected chi connectivity index (χ0v) is 9.14. The molecule has 1 aromatic heterocycles. The molecule has 4 nitrogen and oxygen atoms in total. The number of hydrogen-bond acceptors (Lipinski definition) is 3. The van der Waals surface area contributed by atoms with Crippen LogP contribution in [0.4, 0.5) is 5.82 Å². The molecule has 2 aromatic rings. The molecular weight excluding hydrogens is 202 g/mol. The molecule has 0 saturated carbocycles. The highest BCUT2D eigenvalue weighted by molar-refractivity contribution is 5.39. The number of nitrogens with two attached hydrogens (primary N) is 1. The first-order valence-electron chi connectivity index (χ1n) is 5.20. The molecule has 0 radical (unpaired) electrons. The van der Waals surface area contributed by atoms with Crippen LogP contribution in [0.15, 0.2) is 30.5 Å². The number of hydrogen-bond donors (Lipinski definition) is 3. The van der Waals surface area contributed by atoms with E-state index >= 15 is 0 Å². The van der Waals surface area contributed by atoms with E-state index in [0.29, 0.717) is 17.8 Å². The quantitative estimate of drug-likeness (QED) is 0.730. The van der Waals surface area contributed by atoms with Crippen molar-refractivity contribution in [2.24, 2.45) is 0 Å². The summed E-state index contributed by atoms with van der Waals surface area (Å²) in [7, 11) is 0. The monoisotopic (exact) mass is 217 g/mol. The summed E-state index contributed by atoms with van der Waals surface area (Å²) in [6, 6.07) is 7.99. The molecule has 16 heavy (non-hydrogen) atoms. The molecule has 2 rings (SSSR count). The lowest BCUT2D eigenvalue weighted by atomic mass is 10.00. The molecule has 0 aliphatic carbocycles. The van der Waals surface area contributed by atoms with E-state index in [-0.39, 0.29) is 0 Å². The maximum atomic E-state index is 10.0. The number of nitrogens with zero attached hydrogens (tertiary/aromatic N) is 1. The summed E-state index contributed by atoms with van der Waals surface area (Å²) in [5.41, 5.74) is 8.60. The van der Waals surface area contributed by atoms with Crippen molar-refractivity contribution in [3.63, 3.8) is 0 Å². The van der Waals surface area contributed by atoms with Crippen molar-refractivity contribution in [3.05, 3.63) is 47.2 Å². The molecule has 4 N–H and O–H groups in total. The summed E-state index contributed by atoms with van der Waals surface area (Å²) in [6.07, 6.45) is 1.51. The minimum absolute atomic E-state index is 0.432. The highest BCUT2D eigenvalue weighted by Crippen LogP contribution is 2.22. The Bertz CT molecular complexity index is 479. The van der Waals surface area contributed by atoms with Crippen LogP contribution < -0.4 is 5.73 Å². The van der Waals surface area contributed by atoms with Gasteiger partial charge < -0.3 is 10.8 Å². The van der Waals surface area contributed by atoms with Crippen LogP contribution >= 0.6 is 0 Å². The highest BCUT2D eigenvalue weighted by atomic mass is 16.3. The van der Waals surface area contributed by atoms with Crippen LogP contribution in [0.2, 0.25) is 0 Å². The van der Waals surface area contributed by atoms with Crippen LogP contribution in [-0.4, -0.2) is 15.3 Å². The molecule has 0 bridgehead atoms. The average Bonchev–Trinajstić information content (AvgIpc) is 2.68. The van der Waals surface area contributed by atoms with Crippen LogP contribution in [0.25, 0.3) is 0 Å².